The molecule has 0 aliphatic rings. The fourth-order valence-corrected chi connectivity index (χ4v) is 3.00. The molecule has 2 aromatic carbocycles. The molecule has 0 aliphatic heterocycles. The third-order valence-electron chi connectivity index (χ3n) is 4.54. The Morgan fingerprint density at radius 3 is 1.65 bits per heavy atom. The van der Waals surface area contributed by atoms with Crippen LogP contribution in [0.3, 0.4) is 0 Å². The highest BCUT2D eigenvalue weighted by Gasteiger charge is 2.26. The number of benzene rings is 2. The highest BCUT2D eigenvalue weighted by molar-refractivity contribution is 5.51. The smallest absolute Gasteiger partial charge is 0.292 e. The van der Waals surface area contributed by atoms with Crippen molar-refractivity contribution in [2.75, 3.05) is 0 Å². The SMILES string of the molecule is Cc1cc(C(C)(C)c2cc(C)c(OC#N)c(C)c2)cc(C)c1O. The molecule has 2 rings (SSSR count). The van der Waals surface area contributed by atoms with Crippen molar-refractivity contribution >= 4 is 0 Å². The highest BCUT2D eigenvalue weighted by Crippen LogP contribution is 2.38. The summed E-state index contributed by atoms with van der Waals surface area (Å²) in [6, 6.07) is 8.20. The Kier molecular flexibility index (Phi) is 4.38. The van der Waals surface area contributed by atoms with E-state index in [1.54, 1.807) is 6.26 Å². The molecule has 3 nitrogen and oxygen atoms in total. The molecule has 120 valence electrons. The zero-order valence-electron chi connectivity index (χ0n) is 14.6. The molecule has 0 unspecified atom stereocenters. The first-order chi connectivity index (χ1) is 10.7. The second-order valence-corrected chi connectivity index (χ2v) is 6.72. The molecule has 0 saturated carbocycles. The predicted molar refractivity (Wildman–Crippen MR) is 91.9 cm³/mol. The van der Waals surface area contributed by atoms with Gasteiger partial charge in [0.1, 0.15) is 11.5 Å². The van der Waals surface area contributed by atoms with Gasteiger partial charge in [0, 0.05) is 5.41 Å². The van der Waals surface area contributed by atoms with E-state index in [4.69, 9.17) is 10.00 Å². The lowest BCUT2D eigenvalue weighted by atomic mass is 9.76. The van der Waals surface area contributed by atoms with Crippen molar-refractivity contribution in [1.29, 1.82) is 5.26 Å². The molecule has 23 heavy (non-hydrogen) atoms. The minimum absolute atomic E-state index is 0.218. The number of phenolic OH excluding ortho intramolecular Hbond substituents is 1. The molecule has 0 fully saturated rings. The maximum absolute atomic E-state index is 10.0. The fraction of sp³-hybridized carbons (Fsp3) is 0.350. The van der Waals surface area contributed by atoms with Gasteiger partial charge in [-0.3, -0.25) is 0 Å². The Morgan fingerprint density at radius 1 is 0.870 bits per heavy atom. The molecule has 0 atom stereocenters. The fourth-order valence-electron chi connectivity index (χ4n) is 3.00. The summed E-state index contributed by atoms with van der Waals surface area (Å²) in [7, 11) is 0. The maximum atomic E-state index is 10.0. The molecule has 0 heterocycles. The van der Waals surface area contributed by atoms with Crippen LogP contribution in [0.4, 0.5) is 0 Å². The van der Waals surface area contributed by atoms with Crippen LogP contribution in [0.2, 0.25) is 0 Å². The van der Waals surface area contributed by atoms with Gasteiger partial charge in [0.25, 0.3) is 6.26 Å². The lowest BCUT2D eigenvalue weighted by Gasteiger charge is -2.28. The Morgan fingerprint density at radius 2 is 1.26 bits per heavy atom. The van der Waals surface area contributed by atoms with E-state index in [2.05, 4.69) is 26.0 Å². The van der Waals surface area contributed by atoms with Crippen LogP contribution in [0, 0.1) is 39.2 Å². The van der Waals surface area contributed by atoms with E-state index in [0.29, 0.717) is 11.5 Å². The summed E-state index contributed by atoms with van der Waals surface area (Å²) < 4.78 is 5.07. The lowest BCUT2D eigenvalue weighted by molar-refractivity contribution is 0.465. The number of aromatic hydroxyl groups is 1. The summed E-state index contributed by atoms with van der Waals surface area (Å²) in [6.45, 7) is 12.1. The van der Waals surface area contributed by atoms with Gasteiger partial charge in [-0.05, 0) is 61.1 Å². The number of nitrogens with zero attached hydrogens (tertiary/aromatic N) is 1. The summed E-state index contributed by atoms with van der Waals surface area (Å²) in [5, 5.41) is 18.8. The van der Waals surface area contributed by atoms with Gasteiger partial charge in [0.2, 0.25) is 0 Å². The average Bonchev–Trinajstić information content (AvgIpc) is 2.47. The van der Waals surface area contributed by atoms with E-state index in [1.165, 1.54) is 0 Å². The number of aryl methyl sites for hydroxylation is 4. The number of nitriles is 1. The van der Waals surface area contributed by atoms with Gasteiger partial charge < -0.3 is 9.84 Å². The van der Waals surface area contributed by atoms with E-state index in [0.717, 1.165) is 33.4 Å². The second kappa shape index (κ2) is 5.96. The second-order valence-electron chi connectivity index (χ2n) is 6.72. The maximum Gasteiger partial charge on any atom is 0.292 e. The van der Waals surface area contributed by atoms with Crippen molar-refractivity contribution in [3.63, 3.8) is 0 Å². The van der Waals surface area contributed by atoms with Crippen molar-refractivity contribution < 1.29 is 9.84 Å². The van der Waals surface area contributed by atoms with E-state index in [-0.39, 0.29) is 5.41 Å². The molecule has 1 N–H and O–H groups in total. The third kappa shape index (κ3) is 3.03. The first-order valence-corrected chi connectivity index (χ1v) is 7.66. The van der Waals surface area contributed by atoms with Crippen molar-refractivity contribution in [2.45, 2.75) is 47.0 Å². The summed E-state index contributed by atoms with van der Waals surface area (Å²) in [5.41, 5.74) is 5.74. The number of hydrogen-bond acceptors (Lipinski definition) is 3. The van der Waals surface area contributed by atoms with E-state index in [9.17, 15) is 5.11 Å². The van der Waals surface area contributed by atoms with Crippen LogP contribution >= 0.6 is 0 Å². The molecule has 0 bridgehead atoms. The quantitative estimate of drug-likeness (QED) is 0.828. The first-order valence-electron chi connectivity index (χ1n) is 7.66. The predicted octanol–water partition coefficient (Wildman–Crippen LogP) is 4.81. The van der Waals surface area contributed by atoms with Gasteiger partial charge >= 0.3 is 0 Å². The Hall–Kier alpha value is -2.47. The summed E-state index contributed by atoms with van der Waals surface area (Å²) in [4.78, 5) is 0. The van der Waals surface area contributed by atoms with E-state index < -0.39 is 0 Å². The standard InChI is InChI=1S/C20H23NO2/c1-12-7-16(8-13(2)18(12)22)20(5,6)17-9-14(3)19(23-11-21)15(4)10-17/h7-10,22H,1-6H3. The minimum Gasteiger partial charge on any atom is -0.507 e. The molecular weight excluding hydrogens is 286 g/mol. The van der Waals surface area contributed by atoms with Crippen LogP contribution in [0.1, 0.15) is 47.2 Å². The molecule has 0 radical (unpaired) electrons. The molecule has 0 saturated heterocycles. The van der Waals surface area contributed by atoms with Crippen LogP contribution < -0.4 is 4.74 Å². The molecule has 0 amide bonds. The Bertz CT molecular complexity index is 752. The van der Waals surface area contributed by atoms with E-state index >= 15 is 0 Å². The van der Waals surface area contributed by atoms with E-state index in [1.807, 2.05) is 39.8 Å². The molecular formula is C20H23NO2. The van der Waals surface area contributed by atoms with Crippen LogP contribution in [-0.2, 0) is 5.41 Å². The molecule has 0 aliphatic carbocycles. The van der Waals surface area contributed by atoms with Crippen LogP contribution in [0.15, 0.2) is 24.3 Å². The molecule has 2 aromatic rings. The Balaban J connectivity index is 2.58. The van der Waals surface area contributed by atoms with Gasteiger partial charge in [-0.2, -0.15) is 0 Å². The Labute approximate surface area is 138 Å². The van der Waals surface area contributed by atoms with Crippen molar-refractivity contribution in [3.8, 4) is 17.8 Å². The van der Waals surface area contributed by atoms with Crippen LogP contribution in [0.5, 0.6) is 11.5 Å². The van der Waals surface area contributed by atoms with Crippen molar-refractivity contribution in [1.82, 2.24) is 0 Å². The van der Waals surface area contributed by atoms with Gasteiger partial charge in [-0.1, -0.05) is 38.1 Å². The molecule has 0 spiro atoms. The largest absolute Gasteiger partial charge is 0.507 e. The summed E-state index contributed by atoms with van der Waals surface area (Å²) >= 11 is 0. The van der Waals surface area contributed by atoms with Gasteiger partial charge in [0.05, 0.1) is 0 Å². The van der Waals surface area contributed by atoms with Crippen LogP contribution in [0.25, 0.3) is 0 Å². The highest BCUT2D eigenvalue weighted by atomic mass is 16.5. The topological polar surface area (TPSA) is 53.2 Å². The zero-order chi connectivity index (χ0) is 17.4. The minimum atomic E-state index is -0.218. The number of ether oxygens (including phenoxy) is 1. The lowest BCUT2D eigenvalue weighted by Crippen LogP contribution is -2.20. The molecule has 0 aromatic heterocycles. The number of rotatable bonds is 3. The summed E-state index contributed by atoms with van der Waals surface area (Å²) in [6.07, 6.45) is 1.75. The van der Waals surface area contributed by atoms with Gasteiger partial charge in [0.15, 0.2) is 0 Å². The number of hydrogen-bond donors (Lipinski definition) is 1. The third-order valence-corrected chi connectivity index (χ3v) is 4.54. The average molecular weight is 309 g/mol. The van der Waals surface area contributed by atoms with Gasteiger partial charge in [-0.25, -0.2) is 0 Å². The monoisotopic (exact) mass is 309 g/mol. The van der Waals surface area contributed by atoms with Gasteiger partial charge in [-0.15, -0.1) is 5.26 Å². The van der Waals surface area contributed by atoms with Crippen molar-refractivity contribution in [3.05, 3.63) is 57.6 Å². The first kappa shape index (κ1) is 16.9. The molecule has 3 heteroatoms. The van der Waals surface area contributed by atoms with Crippen LogP contribution in [-0.4, -0.2) is 5.11 Å². The van der Waals surface area contributed by atoms with Crippen molar-refractivity contribution in [2.24, 2.45) is 0 Å². The normalized spacial score (nSPS) is 11.2. The zero-order valence-corrected chi connectivity index (χ0v) is 14.6. The summed E-state index contributed by atoms with van der Waals surface area (Å²) in [5.74, 6) is 0.986. The number of phenols is 1.